The number of amides is 1. The van der Waals surface area contributed by atoms with Gasteiger partial charge in [-0.3, -0.25) is 4.79 Å². The molecule has 140 valence electrons. The molecule has 7 nitrogen and oxygen atoms in total. The van der Waals surface area contributed by atoms with Crippen LogP contribution in [0.1, 0.15) is 0 Å². The van der Waals surface area contributed by atoms with E-state index in [0.717, 1.165) is 4.31 Å². The van der Waals surface area contributed by atoms with Crippen molar-refractivity contribution in [1.82, 2.24) is 4.31 Å². The minimum absolute atomic E-state index is 0.0212. The first-order valence-corrected chi connectivity index (χ1v) is 9.35. The first-order chi connectivity index (χ1) is 12.3. The van der Waals surface area contributed by atoms with Crippen LogP contribution >= 0.6 is 11.6 Å². The molecule has 0 aliphatic rings. The van der Waals surface area contributed by atoms with Crippen LogP contribution in [-0.2, 0) is 14.8 Å². The Bertz CT molecular complexity index is 900. The Kier molecular flexibility index (Phi) is 6.47. The van der Waals surface area contributed by atoms with Crippen LogP contribution in [-0.4, -0.2) is 46.4 Å². The SMILES string of the molecule is COc1ccccc1OCC(=O)Nc1cc(S(=O)(=O)N(C)C)ccc1Cl. The summed E-state index contributed by atoms with van der Waals surface area (Å²) in [7, 11) is 0.698. The summed E-state index contributed by atoms with van der Waals surface area (Å²) in [5, 5.41) is 2.77. The highest BCUT2D eigenvalue weighted by molar-refractivity contribution is 7.89. The maximum absolute atomic E-state index is 12.2. The number of nitrogens with zero attached hydrogens (tertiary/aromatic N) is 1. The summed E-state index contributed by atoms with van der Waals surface area (Å²) in [5.41, 5.74) is 0.184. The molecule has 0 saturated carbocycles. The van der Waals surface area contributed by atoms with Crippen molar-refractivity contribution in [2.75, 3.05) is 33.1 Å². The molecule has 0 fully saturated rings. The molecule has 0 aliphatic heterocycles. The fourth-order valence-corrected chi connectivity index (χ4v) is 3.13. The largest absolute Gasteiger partial charge is 0.493 e. The summed E-state index contributed by atoms with van der Waals surface area (Å²) in [6.45, 7) is -0.290. The molecular weight excluding hydrogens is 380 g/mol. The summed E-state index contributed by atoms with van der Waals surface area (Å²) in [6.07, 6.45) is 0. The molecule has 2 aromatic rings. The van der Waals surface area contributed by atoms with Crippen molar-refractivity contribution >= 4 is 33.2 Å². The average Bonchev–Trinajstić information content (AvgIpc) is 2.61. The number of hydrogen-bond acceptors (Lipinski definition) is 5. The van der Waals surface area contributed by atoms with Crippen molar-refractivity contribution in [2.24, 2.45) is 0 Å². The van der Waals surface area contributed by atoms with Crippen molar-refractivity contribution in [2.45, 2.75) is 4.90 Å². The molecule has 26 heavy (non-hydrogen) atoms. The molecule has 0 aromatic heterocycles. The van der Waals surface area contributed by atoms with E-state index in [1.165, 1.54) is 39.4 Å². The number of methoxy groups -OCH3 is 1. The lowest BCUT2D eigenvalue weighted by Gasteiger charge is -2.14. The summed E-state index contributed by atoms with van der Waals surface area (Å²) >= 11 is 6.05. The molecule has 0 bridgehead atoms. The second-order valence-electron chi connectivity index (χ2n) is 5.42. The third kappa shape index (κ3) is 4.66. The van der Waals surface area contributed by atoms with Crippen molar-refractivity contribution in [3.8, 4) is 11.5 Å². The van der Waals surface area contributed by atoms with E-state index in [-0.39, 0.29) is 22.2 Å². The normalized spacial score (nSPS) is 11.3. The Morgan fingerprint density at radius 2 is 1.81 bits per heavy atom. The first kappa shape index (κ1) is 20.0. The zero-order chi connectivity index (χ0) is 19.3. The summed E-state index contributed by atoms with van der Waals surface area (Å²) in [6, 6.07) is 11.0. The quantitative estimate of drug-likeness (QED) is 0.774. The molecule has 2 rings (SSSR count). The number of sulfonamides is 1. The first-order valence-electron chi connectivity index (χ1n) is 7.53. The Balaban J connectivity index is 2.11. The number of carbonyl (C=O) groups excluding carboxylic acids is 1. The molecule has 0 radical (unpaired) electrons. The van der Waals surface area contributed by atoms with Gasteiger partial charge in [0.25, 0.3) is 5.91 Å². The third-order valence-electron chi connectivity index (χ3n) is 3.42. The van der Waals surface area contributed by atoms with Crippen molar-refractivity contribution in [1.29, 1.82) is 0 Å². The Morgan fingerprint density at radius 3 is 2.42 bits per heavy atom. The summed E-state index contributed by atoms with van der Waals surface area (Å²) < 4.78 is 36.0. The van der Waals surface area contributed by atoms with Gasteiger partial charge in [0.1, 0.15) is 0 Å². The number of rotatable bonds is 7. The molecule has 2 aromatic carbocycles. The topological polar surface area (TPSA) is 84.9 Å². The monoisotopic (exact) mass is 398 g/mol. The smallest absolute Gasteiger partial charge is 0.262 e. The zero-order valence-electron chi connectivity index (χ0n) is 14.5. The molecule has 0 aliphatic carbocycles. The maximum Gasteiger partial charge on any atom is 0.262 e. The summed E-state index contributed by atoms with van der Waals surface area (Å²) in [4.78, 5) is 12.2. The van der Waals surface area contributed by atoms with Gasteiger partial charge in [0.05, 0.1) is 22.7 Å². The van der Waals surface area contributed by atoms with E-state index in [4.69, 9.17) is 21.1 Å². The molecule has 0 unspecified atom stereocenters. The van der Waals surface area contributed by atoms with Crippen LogP contribution in [0.3, 0.4) is 0 Å². The lowest BCUT2D eigenvalue weighted by atomic mass is 10.3. The molecule has 0 saturated heterocycles. The van der Waals surface area contributed by atoms with Gasteiger partial charge in [0.15, 0.2) is 18.1 Å². The van der Waals surface area contributed by atoms with Gasteiger partial charge in [-0.15, -0.1) is 0 Å². The Morgan fingerprint density at radius 1 is 1.15 bits per heavy atom. The van der Waals surface area contributed by atoms with Crippen LogP contribution in [0.15, 0.2) is 47.4 Å². The standard InChI is InChI=1S/C17H19ClN2O5S/c1-20(2)26(22,23)12-8-9-13(18)14(10-12)19-17(21)11-25-16-7-5-4-6-15(16)24-3/h4-10H,11H2,1-3H3,(H,19,21). The van der Waals surface area contributed by atoms with E-state index in [1.807, 2.05) is 0 Å². The number of anilines is 1. The molecular formula is C17H19ClN2O5S. The van der Waals surface area contributed by atoms with Gasteiger partial charge in [0, 0.05) is 14.1 Å². The van der Waals surface area contributed by atoms with Crippen LogP contribution < -0.4 is 14.8 Å². The van der Waals surface area contributed by atoms with E-state index in [9.17, 15) is 13.2 Å². The number of para-hydroxylation sites is 2. The van der Waals surface area contributed by atoms with Gasteiger partial charge in [-0.25, -0.2) is 12.7 Å². The van der Waals surface area contributed by atoms with Gasteiger partial charge in [-0.1, -0.05) is 23.7 Å². The zero-order valence-corrected chi connectivity index (χ0v) is 16.1. The second kappa shape index (κ2) is 8.39. The van der Waals surface area contributed by atoms with E-state index in [1.54, 1.807) is 24.3 Å². The van der Waals surface area contributed by atoms with Crippen LogP contribution in [0.2, 0.25) is 5.02 Å². The van der Waals surface area contributed by atoms with E-state index in [0.29, 0.717) is 11.5 Å². The highest BCUT2D eigenvalue weighted by Gasteiger charge is 2.19. The van der Waals surface area contributed by atoms with E-state index < -0.39 is 15.9 Å². The Labute approximate surface area is 157 Å². The number of benzene rings is 2. The van der Waals surface area contributed by atoms with E-state index in [2.05, 4.69) is 5.32 Å². The molecule has 0 heterocycles. The van der Waals surface area contributed by atoms with Crippen LogP contribution in [0.5, 0.6) is 11.5 Å². The highest BCUT2D eigenvalue weighted by atomic mass is 35.5. The van der Waals surface area contributed by atoms with E-state index >= 15 is 0 Å². The van der Waals surface area contributed by atoms with Gasteiger partial charge >= 0.3 is 0 Å². The predicted molar refractivity (Wildman–Crippen MR) is 99.4 cm³/mol. The van der Waals surface area contributed by atoms with Crippen LogP contribution in [0, 0.1) is 0 Å². The third-order valence-corrected chi connectivity index (χ3v) is 5.56. The lowest BCUT2D eigenvalue weighted by molar-refractivity contribution is -0.118. The molecule has 1 amide bonds. The molecule has 9 heteroatoms. The van der Waals surface area contributed by atoms with Gasteiger partial charge in [0.2, 0.25) is 10.0 Å². The van der Waals surface area contributed by atoms with Crippen LogP contribution in [0.4, 0.5) is 5.69 Å². The highest BCUT2D eigenvalue weighted by Crippen LogP contribution is 2.27. The molecule has 0 spiro atoms. The van der Waals surface area contributed by atoms with Gasteiger partial charge in [-0.2, -0.15) is 0 Å². The minimum Gasteiger partial charge on any atom is -0.493 e. The number of halogens is 1. The fraction of sp³-hybridized carbons (Fsp3) is 0.235. The average molecular weight is 399 g/mol. The summed E-state index contributed by atoms with van der Waals surface area (Å²) in [5.74, 6) is 0.426. The maximum atomic E-state index is 12.2. The number of carbonyl (C=O) groups is 1. The van der Waals surface area contributed by atoms with Crippen molar-refractivity contribution in [3.63, 3.8) is 0 Å². The lowest BCUT2D eigenvalue weighted by Crippen LogP contribution is -2.23. The minimum atomic E-state index is -3.64. The number of hydrogen-bond donors (Lipinski definition) is 1. The van der Waals surface area contributed by atoms with Crippen molar-refractivity contribution < 1.29 is 22.7 Å². The molecule has 0 atom stereocenters. The number of ether oxygens (including phenoxy) is 2. The number of nitrogens with one attached hydrogen (secondary N) is 1. The van der Waals surface area contributed by atoms with Crippen LogP contribution in [0.25, 0.3) is 0 Å². The van der Waals surface area contributed by atoms with Gasteiger partial charge in [-0.05, 0) is 30.3 Å². The predicted octanol–water partition coefficient (Wildman–Crippen LogP) is 2.62. The van der Waals surface area contributed by atoms with Gasteiger partial charge < -0.3 is 14.8 Å². The fourth-order valence-electron chi connectivity index (χ4n) is 2.04. The Hall–Kier alpha value is -2.29. The van der Waals surface area contributed by atoms with Crippen molar-refractivity contribution in [3.05, 3.63) is 47.5 Å². The second-order valence-corrected chi connectivity index (χ2v) is 7.98. The molecule has 1 N–H and O–H groups in total.